The number of nitrogens with one attached hydrogen (secondary N) is 1. The van der Waals surface area contributed by atoms with E-state index in [1.807, 2.05) is 24.3 Å². The van der Waals surface area contributed by atoms with Gasteiger partial charge in [0.15, 0.2) is 0 Å². The number of aryl methyl sites for hydroxylation is 1. The van der Waals surface area contributed by atoms with E-state index in [1.165, 1.54) is 29.8 Å². The number of benzene rings is 1. The molecular weight excluding hydrogens is 244 g/mol. The zero-order valence-corrected chi connectivity index (χ0v) is 11.3. The molecule has 0 aliphatic heterocycles. The first-order chi connectivity index (χ1) is 8.67. The fourth-order valence-corrected chi connectivity index (χ4v) is 1.63. The number of hydrogen-bond acceptors (Lipinski definition) is 3. The first-order valence-corrected chi connectivity index (χ1v) is 6.45. The highest BCUT2D eigenvalue weighted by Gasteiger charge is 2.04. The maximum atomic E-state index is 11.6. The molecule has 0 heterocycles. The van der Waals surface area contributed by atoms with Crippen molar-refractivity contribution in [2.45, 2.75) is 26.2 Å². The second-order valence-electron chi connectivity index (χ2n) is 4.01. The summed E-state index contributed by atoms with van der Waals surface area (Å²) in [5.74, 6) is -0.336. The summed E-state index contributed by atoms with van der Waals surface area (Å²) in [4.78, 5) is 11.6. The van der Waals surface area contributed by atoms with Crippen molar-refractivity contribution in [2.75, 3.05) is 5.32 Å². The highest BCUT2D eigenvalue weighted by molar-refractivity contribution is 7.79. The molecule has 1 aromatic rings. The van der Waals surface area contributed by atoms with E-state index in [0.717, 1.165) is 12.1 Å². The Morgan fingerprint density at radius 3 is 2.61 bits per heavy atom. The number of rotatable bonds is 6. The Labute approximate surface area is 113 Å². The first-order valence-electron chi connectivity index (χ1n) is 5.98. The molecule has 0 atom stereocenters. The molecule has 96 valence electrons. The van der Waals surface area contributed by atoms with Crippen molar-refractivity contribution in [3.8, 4) is 0 Å². The fourth-order valence-electron chi connectivity index (χ4n) is 1.49. The Balaban J connectivity index is 2.61. The van der Waals surface area contributed by atoms with Crippen molar-refractivity contribution < 1.29 is 4.79 Å². The molecular formula is C14H18N2OS. The van der Waals surface area contributed by atoms with E-state index in [9.17, 15) is 4.79 Å². The molecule has 1 aromatic carbocycles. The van der Waals surface area contributed by atoms with Crippen LogP contribution in [-0.4, -0.2) is 11.3 Å². The van der Waals surface area contributed by atoms with E-state index in [0.29, 0.717) is 0 Å². The molecule has 0 saturated heterocycles. The van der Waals surface area contributed by atoms with Gasteiger partial charge in [-0.1, -0.05) is 37.7 Å². The van der Waals surface area contributed by atoms with E-state index in [2.05, 4.69) is 24.5 Å². The second-order valence-corrected chi connectivity index (χ2v) is 4.28. The quantitative estimate of drug-likeness (QED) is 0.612. The number of carbonyl (C=O) groups excluding carboxylic acids is 1. The molecule has 0 aliphatic carbocycles. The fraction of sp³-hybridized carbons (Fsp3) is 0.286. The van der Waals surface area contributed by atoms with E-state index in [-0.39, 0.29) is 11.6 Å². The predicted molar refractivity (Wildman–Crippen MR) is 79.6 cm³/mol. The van der Waals surface area contributed by atoms with Crippen molar-refractivity contribution >= 4 is 29.2 Å². The number of nitrogens with two attached hydrogens (primary N) is 1. The van der Waals surface area contributed by atoms with Gasteiger partial charge in [0.2, 0.25) is 0 Å². The van der Waals surface area contributed by atoms with Crippen LogP contribution in [0.1, 0.15) is 25.3 Å². The third kappa shape index (κ3) is 4.67. The van der Waals surface area contributed by atoms with E-state index in [4.69, 9.17) is 5.73 Å². The predicted octanol–water partition coefficient (Wildman–Crippen LogP) is 2.81. The molecule has 0 bridgehead atoms. The Morgan fingerprint density at radius 1 is 1.39 bits per heavy atom. The zero-order valence-electron chi connectivity index (χ0n) is 10.5. The lowest BCUT2D eigenvalue weighted by atomic mass is 10.1. The third-order valence-electron chi connectivity index (χ3n) is 2.54. The lowest BCUT2D eigenvalue weighted by Gasteiger charge is -2.06. The van der Waals surface area contributed by atoms with Gasteiger partial charge in [-0.25, -0.2) is 0 Å². The van der Waals surface area contributed by atoms with Crippen molar-refractivity contribution in [1.82, 2.24) is 0 Å². The van der Waals surface area contributed by atoms with Crippen LogP contribution in [-0.2, 0) is 11.2 Å². The number of hydrogen-bond donors (Lipinski definition) is 2. The maximum Gasteiger partial charge on any atom is 0.271 e. The van der Waals surface area contributed by atoms with Crippen LogP contribution < -0.4 is 11.1 Å². The highest BCUT2D eigenvalue weighted by Crippen LogP contribution is 2.12. The van der Waals surface area contributed by atoms with Gasteiger partial charge in [-0.3, -0.25) is 4.79 Å². The van der Waals surface area contributed by atoms with Crippen LogP contribution in [0.2, 0.25) is 0 Å². The molecule has 1 amide bonds. The molecule has 4 heteroatoms. The van der Waals surface area contributed by atoms with Gasteiger partial charge in [0.25, 0.3) is 5.91 Å². The third-order valence-corrected chi connectivity index (χ3v) is 2.68. The van der Waals surface area contributed by atoms with Gasteiger partial charge in [0.05, 0.1) is 5.70 Å². The number of thiocarbonyl (C=S) groups is 1. The van der Waals surface area contributed by atoms with Crippen LogP contribution in [0, 0.1) is 0 Å². The van der Waals surface area contributed by atoms with Gasteiger partial charge in [0.1, 0.15) is 0 Å². The van der Waals surface area contributed by atoms with E-state index in [1.54, 1.807) is 0 Å². The first kappa shape index (κ1) is 14.4. The smallest absolute Gasteiger partial charge is 0.271 e. The summed E-state index contributed by atoms with van der Waals surface area (Å²) in [5, 5.41) is 4.03. The summed E-state index contributed by atoms with van der Waals surface area (Å²) in [5.41, 5.74) is 7.65. The van der Waals surface area contributed by atoms with Crippen molar-refractivity contribution in [2.24, 2.45) is 5.73 Å². The normalized spacial score (nSPS) is 11.1. The Bertz CT molecular complexity index is 438. The molecule has 0 unspecified atom stereocenters. The SMILES string of the molecule is CCCCc1ccc(NC(=O)C(N)=CC=S)cc1. The Hall–Kier alpha value is -1.68. The minimum Gasteiger partial charge on any atom is -0.394 e. The van der Waals surface area contributed by atoms with Gasteiger partial charge >= 0.3 is 0 Å². The molecule has 0 aromatic heterocycles. The maximum absolute atomic E-state index is 11.6. The highest BCUT2D eigenvalue weighted by atomic mass is 32.1. The molecule has 0 radical (unpaired) electrons. The molecule has 1 rings (SSSR count). The monoisotopic (exact) mass is 262 g/mol. The van der Waals surface area contributed by atoms with Gasteiger partial charge in [-0.2, -0.15) is 0 Å². The molecule has 0 spiro atoms. The summed E-state index contributed by atoms with van der Waals surface area (Å²) in [6, 6.07) is 7.80. The number of allylic oxidation sites excluding steroid dienone is 1. The molecule has 0 saturated carbocycles. The van der Waals surface area contributed by atoms with Gasteiger partial charge < -0.3 is 11.1 Å². The lowest BCUT2D eigenvalue weighted by molar-refractivity contribution is -0.112. The minimum atomic E-state index is -0.336. The van der Waals surface area contributed by atoms with Gasteiger partial charge in [-0.15, -0.1) is 0 Å². The topological polar surface area (TPSA) is 55.1 Å². The largest absolute Gasteiger partial charge is 0.394 e. The van der Waals surface area contributed by atoms with Crippen molar-refractivity contribution in [3.05, 3.63) is 41.6 Å². The summed E-state index contributed by atoms with van der Waals surface area (Å²) in [7, 11) is 0. The van der Waals surface area contributed by atoms with E-state index >= 15 is 0 Å². The van der Waals surface area contributed by atoms with Gasteiger partial charge in [-0.05, 0) is 36.6 Å². The summed E-state index contributed by atoms with van der Waals surface area (Å²) >= 11 is 4.61. The Morgan fingerprint density at radius 2 is 2.06 bits per heavy atom. The van der Waals surface area contributed by atoms with E-state index < -0.39 is 0 Å². The lowest BCUT2D eigenvalue weighted by Crippen LogP contribution is -2.20. The minimum absolute atomic E-state index is 0.111. The summed E-state index contributed by atoms with van der Waals surface area (Å²) in [6.07, 6.45) is 4.82. The van der Waals surface area contributed by atoms with Crippen molar-refractivity contribution in [3.63, 3.8) is 0 Å². The van der Waals surface area contributed by atoms with Crippen LogP contribution in [0.5, 0.6) is 0 Å². The van der Waals surface area contributed by atoms with Gasteiger partial charge in [0, 0.05) is 11.1 Å². The summed E-state index contributed by atoms with van der Waals surface area (Å²) in [6.45, 7) is 2.17. The second kappa shape index (κ2) is 7.61. The van der Waals surface area contributed by atoms with Crippen molar-refractivity contribution in [1.29, 1.82) is 0 Å². The molecule has 3 N–H and O–H groups in total. The van der Waals surface area contributed by atoms with Crippen LogP contribution in [0.15, 0.2) is 36.0 Å². The molecule has 0 aliphatic rings. The summed E-state index contributed by atoms with van der Waals surface area (Å²) < 4.78 is 0. The molecule has 0 fully saturated rings. The molecule has 18 heavy (non-hydrogen) atoms. The molecule has 3 nitrogen and oxygen atoms in total. The van der Waals surface area contributed by atoms with Crippen LogP contribution in [0.4, 0.5) is 5.69 Å². The number of unbranched alkanes of at least 4 members (excludes halogenated alkanes) is 1. The Kier molecular flexibility index (Phi) is 6.08. The standard InChI is InChI=1S/C14H18N2OS/c1-2-3-4-11-5-7-12(8-6-11)16-14(17)13(15)9-10-18/h5-10H,2-4,15H2,1H3,(H,16,17). The van der Waals surface area contributed by atoms with Crippen LogP contribution in [0.3, 0.4) is 0 Å². The van der Waals surface area contributed by atoms with Crippen LogP contribution in [0.25, 0.3) is 0 Å². The average molecular weight is 262 g/mol. The number of amides is 1. The average Bonchev–Trinajstić information content (AvgIpc) is 2.38. The zero-order chi connectivity index (χ0) is 13.4. The van der Waals surface area contributed by atoms with Crippen LogP contribution >= 0.6 is 12.2 Å². The number of anilines is 1. The number of carbonyl (C=O) groups is 1.